The molecule has 1 unspecified atom stereocenters. The third kappa shape index (κ3) is 4.23. The van der Waals surface area contributed by atoms with Crippen molar-refractivity contribution in [2.45, 2.75) is 52.2 Å². The third-order valence-electron chi connectivity index (χ3n) is 5.73. The third-order valence-corrected chi connectivity index (χ3v) is 5.73. The van der Waals surface area contributed by atoms with Gasteiger partial charge in [0.2, 0.25) is 5.91 Å². The summed E-state index contributed by atoms with van der Waals surface area (Å²) in [7, 11) is 0. The van der Waals surface area contributed by atoms with Crippen LogP contribution in [0.5, 0.6) is 0 Å². The van der Waals surface area contributed by atoms with Gasteiger partial charge in [-0.05, 0) is 50.7 Å². The van der Waals surface area contributed by atoms with E-state index < -0.39 is 0 Å². The number of nitrogens with zero attached hydrogens (tertiary/aromatic N) is 3. The van der Waals surface area contributed by atoms with Gasteiger partial charge in [0.15, 0.2) is 0 Å². The quantitative estimate of drug-likeness (QED) is 0.809. The van der Waals surface area contributed by atoms with Crippen LogP contribution in [0.15, 0.2) is 24.4 Å². The minimum atomic E-state index is -0.373. The average Bonchev–Trinajstić information content (AvgIpc) is 2.66. The van der Waals surface area contributed by atoms with E-state index in [2.05, 4.69) is 4.98 Å². The first-order valence-corrected chi connectivity index (χ1v) is 9.61. The van der Waals surface area contributed by atoms with Crippen LogP contribution in [0.3, 0.4) is 0 Å². The molecule has 0 aromatic carbocycles. The molecule has 26 heavy (non-hydrogen) atoms. The Labute approximate surface area is 155 Å². The van der Waals surface area contributed by atoms with Gasteiger partial charge in [-0.3, -0.25) is 14.6 Å². The van der Waals surface area contributed by atoms with Crippen LogP contribution in [-0.2, 0) is 20.9 Å². The SMILES string of the molecule is CCOC(C)C(=O)N1CCC2(CCC(=O)N(Cc3ccccn3)C2)CC1. The smallest absolute Gasteiger partial charge is 0.251 e. The van der Waals surface area contributed by atoms with Gasteiger partial charge in [-0.15, -0.1) is 0 Å². The van der Waals surface area contributed by atoms with Crippen molar-refractivity contribution in [1.82, 2.24) is 14.8 Å². The van der Waals surface area contributed by atoms with Gasteiger partial charge in [-0.2, -0.15) is 0 Å². The zero-order chi connectivity index (χ0) is 18.6. The molecule has 6 heteroatoms. The number of carbonyl (C=O) groups is 2. The molecule has 0 radical (unpaired) electrons. The Morgan fingerprint density at radius 1 is 1.31 bits per heavy atom. The zero-order valence-corrected chi connectivity index (χ0v) is 15.8. The van der Waals surface area contributed by atoms with E-state index in [1.807, 2.05) is 41.8 Å². The first-order valence-electron chi connectivity index (χ1n) is 9.61. The lowest BCUT2D eigenvalue weighted by atomic mass is 9.72. The van der Waals surface area contributed by atoms with E-state index in [0.29, 0.717) is 19.6 Å². The first-order chi connectivity index (χ1) is 12.5. The fraction of sp³-hybridized carbons (Fsp3) is 0.650. The van der Waals surface area contributed by atoms with Crippen molar-refractivity contribution < 1.29 is 14.3 Å². The van der Waals surface area contributed by atoms with E-state index in [1.165, 1.54) is 0 Å². The summed E-state index contributed by atoms with van der Waals surface area (Å²) in [4.78, 5) is 33.0. The van der Waals surface area contributed by atoms with Crippen molar-refractivity contribution in [2.24, 2.45) is 5.41 Å². The normalized spacial score (nSPS) is 21.1. The largest absolute Gasteiger partial charge is 0.369 e. The van der Waals surface area contributed by atoms with Gasteiger partial charge in [-0.1, -0.05) is 6.07 Å². The van der Waals surface area contributed by atoms with Crippen LogP contribution in [0.1, 0.15) is 45.2 Å². The monoisotopic (exact) mass is 359 g/mol. The van der Waals surface area contributed by atoms with Crippen LogP contribution in [0.25, 0.3) is 0 Å². The molecule has 0 N–H and O–H groups in total. The summed E-state index contributed by atoms with van der Waals surface area (Å²) in [5.41, 5.74) is 1.06. The Morgan fingerprint density at radius 2 is 2.08 bits per heavy atom. The summed E-state index contributed by atoms with van der Waals surface area (Å²) in [6.45, 7) is 7.13. The molecule has 1 spiro atoms. The number of hydrogen-bond donors (Lipinski definition) is 0. The molecule has 1 aromatic rings. The van der Waals surface area contributed by atoms with Crippen LogP contribution >= 0.6 is 0 Å². The molecule has 2 fully saturated rings. The highest BCUT2D eigenvalue weighted by Gasteiger charge is 2.42. The number of hydrogen-bond acceptors (Lipinski definition) is 4. The van der Waals surface area contributed by atoms with Crippen molar-refractivity contribution in [1.29, 1.82) is 0 Å². The lowest BCUT2D eigenvalue weighted by molar-refractivity contribution is -0.148. The molecule has 2 aliphatic rings. The molecule has 142 valence electrons. The number of likely N-dealkylation sites (tertiary alicyclic amines) is 2. The highest BCUT2D eigenvalue weighted by Crippen LogP contribution is 2.40. The van der Waals surface area contributed by atoms with Crippen molar-refractivity contribution in [3.05, 3.63) is 30.1 Å². The number of amides is 2. The molecule has 2 aliphatic heterocycles. The summed E-state index contributed by atoms with van der Waals surface area (Å²) in [5.74, 6) is 0.295. The summed E-state index contributed by atoms with van der Waals surface area (Å²) >= 11 is 0. The average molecular weight is 359 g/mol. The molecule has 0 bridgehead atoms. The van der Waals surface area contributed by atoms with Gasteiger partial charge in [-0.25, -0.2) is 0 Å². The summed E-state index contributed by atoms with van der Waals surface area (Å²) in [6.07, 6.45) is 4.81. The molecule has 2 saturated heterocycles. The Balaban J connectivity index is 1.59. The molecule has 2 amide bonds. The van der Waals surface area contributed by atoms with E-state index in [9.17, 15) is 9.59 Å². The van der Waals surface area contributed by atoms with Gasteiger partial charge < -0.3 is 14.5 Å². The second-order valence-electron chi connectivity index (χ2n) is 7.49. The van der Waals surface area contributed by atoms with Gasteiger partial charge in [0.1, 0.15) is 6.10 Å². The molecule has 0 saturated carbocycles. The van der Waals surface area contributed by atoms with Gasteiger partial charge >= 0.3 is 0 Å². The minimum Gasteiger partial charge on any atom is -0.369 e. The van der Waals surface area contributed by atoms with Crippen molar-refractivity contribution in [3.63, 3.8) is 0 Å². The topological polar surface area (TPSA) is 62.7 Å². The second kappa shape index (κ2) is 8.16. The van der Waals surface area contributed by atoms with Gasteiger partial charge in [0.25, 0.3) is 5.91 Å². The fourth-order valence-electron chi connectivity index (χ4n) is 4.12. The summed E-state index contributed by atoms with van der Waals surface area (Å²) in [5, 5.41) is 0. The highest BCUT2D eigenvalue weighted by atomic mass is 16.5. The Bertz CT molecular complexity index is 626. The molecule has 1 atom stereocenters. The maximum absolute atomic E-state index is 12.4. The Kier molecular flexibility index (Phi) is 5.91. The lowest BCUT2D eigenvalue weighted by Gasteiger charge is -2.47. The molecular weight excluding hydrogens is 330 g/mol. The van der Waals surface area contributed by atoms with E-state index in [0.717, 1.165) is 44.6 Å². The minimum absolute atomic E-state index is 0.0823. The number of carbonyl (C=O) groups excluding carboxylic acids is 2. The van der Waals surface area contributed by atoms with Crippen LogP contribution in [0.2, 0.25) is 0 Å². The fourth-order valence-corrected chi connectivity index (χ4v) is 4.12. The second-order valence-corrected chi connectivity index (χ2v) is 7.49. The molecule has 1 aromatic heterocycles. The van der Waals surface area contributed by atoms with E-state index in [1.54, 1.807) is 6.20 Å². The molecule has 0 aliphatic carbocycles. The molecule has 3 heterocycles. The highest BCUT2D eigenvalue weighted by molar-refractivity contribution is 5.80. The molecule has 6 nitrogen and oxygen atoms in total. The maximum atomic E-state index is 12.4. The van der Waals surface area contributed by atoms with Crippen molar-refractivity contribution in [3.8, 4) is 0 Å². The van der Waals surface area contributed by atoms with Crippen molar-refractivity contribution >= 4 is 11.8 Å². The predicted octanol–water partition coefficient (Wildman–Crippen LogP) is 2.24. The van der Waals surface area contributed by atoms with E-state index in [4.69, 9.17) is 4.74 Å². The number of aromatic nitrogens is 1. The van der Waals surface area contributed by atoms with E-state index in [-0.39, 0.29) is 23.3 Å². The Hall–Kier alpha value is -1.95. The number of pyridine rings is 1. The maximum Gasteiger partial charge on any atom is 0.251 e. The lowest BCUT2D eigenvalue weighted by Crippen LogP contribution is -2.53. The molecule has 3 rings (SSSR count). The van der Waals surface area contributed by atoms with Gasteiger partial charge in [0.05, 0.1) is 12.2 Å². The summed E-state index contributed by atoms with van der Waals surface area (Å²) < 4.78 is 5.44. The van der Waals surface area contributed by atoms with Crippen LogP contribution in [0.4, 0.5) is 0 Å². The van der Waals surface area contributed by atoms with Crippen LogP contribution in [0, 0.1) is 5.41 Å². The van der Waals surface area contributed by atoms with E-state index >= 15 is 0 Å². The first kappa shape index (κ1) is 18.8. The summed E-state index contributed by atoms with van der Waals surface area (Å²) in [6, 6.07) is 5.81. The van der Waals surface area contributed by atoms with Crippen molar-refractivity contribution in [2.75, 3.05) is 26.2 Å². The Morgan fingerprint density at radius 3 is 2.73 bits per heavy atom. The number of ether oxygens (including phenoxy) is 1. The van der Waals surface area contributed by atoms with Crippen LogP contribution < -0.4 is 0 Å². The molecular formula is C20H29N3O3. The van der Waals surface area contributed by atoms with Crippen LogP contribution in [-0.4, -0.2) is 58.9 Å². The predicted molar refractivity (Wildman–Crippen MR) is 98.2 cm³/mol. The number of rotatable bonds is 5. The zero-order valence-electron chi connectivity index (χ0n) is 15.8. The van der Waals surface area contributed by atoms with Gasteiger partial charge in [0, 0.05) is 38.9 Å². The standard InChI is InChI=1S/C20H29N3O3/c1-3-26-16(2)19(25)22-12-9-20(10-13-22)8-7-18(24)23(15-20)14-17-6-4-5-11-21-17/h4-6,11,16H,3,7-10,12-15H2,1-2H3. The number of piperidine rings is 2.